The fourth-order valence-electron chi connectivity index (χ4n) is 2.97. The molecule has 0 saturated carbocycles. The van der Waals surface area contributed by atoms with Crippen molar-refractivity contribution in [1.82, 2.24) is 4.90 Å². The molecule has 0 bridgehead atoms. The van der Waals surface area contributed by atoms with E-state index in [-0.39, 0.29) is 37.9 Å². The van der Waals surface area contributed by atoms with Crippen molar-refractivity contribution in [1.29, 1.82) is 0 Å². The molecule has 2 aromatic carbocycles. The molecule has 7 heteroatoms. The molecule has 0 atom stereocenters. The molecule has 1 N–H and O–H groups in total. The number of hydrogen-bond acceptors (Lipinski definition) is 5. The van der Waals surface area contributed by atoms with E-state index < -0.39 is 0 Å². The van der Waals surface area contributed by atoms with E-state index in [1.54, 1.807) is 6.08 Å². The summed E-state index contributed by atoms with van der Waals surface area (Å²) in [5.41, 5.74) is 1.76. The average molecular weight is 439 g/mol. The lowest BCUT2D eigenvalue weighted by Crippen LogP contribution is -2.37. The third kappa shape index (κ3) is 5.66. The first-order valence-corrected chi connectivity index (χ1v) is 10.8. The number of amides is 2. The number of carbonyl (C=O) groups is 2. The maximum absolute atomic E-state index is 12.7. The van der Waals surface area contributed by atoms with Gasteiger partial charge in [0.2, 0.25) is 5.91 Å². The molecule has 0 radical (unpaired) electrons. The van der Waals surface area contributed by atoms with Crippen LogP contribution in [0.4, 0.5) is 5.69 Å². The second-order valence-electron chi connectivity index (χ2n) is 6.48. The summed E-state index contributed by atoms with van der Waals surface area (Å²) in [7, 11) is 0. The summed E-state index contributed by atoms with van der Waals surface area (Å²) in [5.74, 6) is -0.360. The summed E-state index contributed by atoms with van der Waals surface area (Å²) >= 11 is 6.58. The fourth-order valence-corrected chi connectivity index (χ4v) is 4.23. The van der Waals surface area contributed by atoms with Crippen molar-refractivity contribution < 1.29 is 14.7 Å². The Morgan fingerprint density at radius 1 is 1.10 bits per heavy atom. The van der Waals surface area contributed by atoms with Gasteiger partial charge in [0.15, 0.2) is 0 Å². The summed E-state index contributed by atoms with van der Waals surface area (Å²) in [4.78, 5) is 28.9. The molecule has 0 aliphatic carbocycles. The van der Waals surface area contributed by atoms with Gasteiger partial charge in [0.1, 0.15) is 4.32 Å². The van der Waals surface area contributed by atoms with Crippen LogP contribution in [0.3, 0.4) is 0 Å². The van der Waals surface area contributed by atoms with Crippen LogP contribution in [0.2, 0.25) is 0 Å². The number of aliphatic hydroxyl groups excluding tert-OH is 1. The largest absolute Gasteiger partial charge is 0.395 e. The Kier molecular flexibility index (Phi) is 7.96. The number of aliphatic hydroxyl groups is 1. The minimum Gasteiger partial charge on any atom is -0.395 e. The molecule has 30 heavy (non-hydrogen) atoms. The minimum absolute atomic E-state index is 0.120. The van der Waals surface area contributed by atoms with E-state index >= 15 is 0 Å². The van der Waals surface area contributed by atoms with Gasteiger partial charge in [-0.1, -0.05) is 84.7 Å². The zero-order valence-corrected chi connectivity index (χ0v) is 17.9. The second-order valence-corrected chi connectivity index (χ2v) is 8.16. The van der Waals surface area contributed by atoms with Crippen LogP contribution < -0.4 is 4.90 Å². The van der Waals surface area contributed by atoms with Crippen molar-refractivity contribution in [2.24, 2.45) is 0 Å². The van der Waals surface area contributed by atoms with E-state index in [9.17, 15) is 14.7 Å². The van der Waals surface area contributed by atoms with Crippen LogP contribution in [-0.2, 0) is 9.59 Å². The number of nitrogens with zero attached hydrogens (tertiary/aromatic N) is 2. The van der Waals surface area contributed by atoms with Gasteiger partial charge in [-0.3, -0.25) is 14.5 Å². The first-order valence-electron chi connectivity index (χ1n) is 9.53. The predicted octanol–water partition coefficient (Wildman–Crippen LogP) is 3.86. The highest BCUT2D eigenvalue weighted by molar-refractivity contribution is 8.26. The van der Waals surface area contributed by atoms with Crippen molar-refractivity contribution >= 4 is 51.9 Å². The van der Waals surface area contributed by atoms with Crippen molar-refractivity contribution in [2.75, 3.05) is 24.6 Å². The van der Waals surface area contributed by atoms with Gasteiger partial charge in [0.25, 0.3) is 5.91 Å². The molecule has 5 nitrogen and oxygen atoms in total. The molecule has 2 aromatic rings. The smallest absolute Gasteiger partial charge is 0.266 e. The molecule has 1 aliphatic heterocycles. The number of thiocarbonyl (C=S) groups is 1. The van der Waals surface area contributed by atoms with E-state index in [0.29, 0.717) is 14.9 Å². The molecule has 1 saturated heterocycles. The number of rotatable bonds is 8. The summed E-state index contributed by atoms with van der Waals surface area (Å²) in [6.07, 6.45) is 5.61. The van der Waals surface area contributed by atoms with E-state index in [1.807, 2.05) is 72.8 Å². The van der Waals surface area contributed by atoms with Crippen LogP contribution in [-0.4, -0.2) is 45.8 Å². The number of para-hydroxylation sites is 1. The second kappa shape index (κ2) is 10.9. The maximum atomic E-state index is 12.7. The lowest BCUT2D eigenvalue weighted by atomic mass is 10.2. The molecule has 3 rings (SSSR count). The standard InChI is InChI=1S/C23H22N2O3S2/c26-17-16-24(19-11-5-2-6-12-19)21(27)14-15-25-22(28)20(30-23(25)29)13-7-10-18-8-3-1-4-9-18/h1-13,26H,14-17H2. The van der Waals surface area contributed by atoms with Crippen molar-refractivity contribution in [3.05, 3.63) is 83.3 Å². The Balaban J connectivity index is 1.61. The highest BCUT2D eigenvalue weighted by Gasteiger charge is 2.32. The molecular weight excluding hydrogens is 416 g/mol. The maximum Gasteiger partial charge on any atom is 0.266 e. The highest BCUT2D eigenvalue weighted by Crippen LogP contribution is 2.31. The monoisotopic (exact) mass is 438 g/mol. The van der Waals surface area contributed by atoms with Crippen LogP contribution in [0.15, 0.2) is 77.7 Å². The number of thioether (sulfide) groups is 1. The molecule has 0 spiro atoms. The number of hydrogen-bond donors (Lipinski definition) is 1. The molecule has 0 unspecified atom stereocenters. The lowest BCUT2D eigenvalue weighted by molar-refractivity contribution is -0.123. The molecule has 1 fully saturated rings. The number of anilines is 1. The van der Waals surface area contributed by atoms with Crippen molar-refractivity contribution in [3.8, 4) is 0 Å². The highest BCUT2D eigenvalue weighted by atomic mass is 32.2. The first kappa shape index (κ1) is 22.0. The molecule has 1 heterocycles. The van der Waals surface area contributed by atoms with Crippen LogP contribution in [0.1, 0.15) is 12.0 Å². The van der Waals surface area contributed by atoms with E-state index in [2.05, 4.69) is 0 Å². The topological polar surface area (TPSA) is 60.9 Å². The molecule has 2 amide bonds. The first-order chi connectivity index (χ1) is 14.6. The lowest BCUT2D eigenvalue weighted by Gasteiger charge is -2.23. The van der Waals surface area contributed by atoms with E-state index in [0.717, 1.165) is 5.56 Å². The Morgan fingerprint density at radius 2 is 1.77 bits per heavy atom. The SMILES string of the molecule is O=C1C(=CC=Cc2ccccc2)SC(=S)N1CCC(=O)N(CCO)c1ccccc1. The normalized spacial score (nSPS) is 15.4. The van der Waals surface area contributed by atoms with Crippen LogP contribution in [0.25, 0.3) is 6.08 Å². The van der Waals surface area contributed by atoms with Gasteiger partial charge in [0.05, 0.1) is 11.5 Å². The number of allylic oxidation sites excluding steroid dienone is 2. The number of benzene rings is 2. The molecule has 1 aliphatic rings. The van der Waals surface area contributed by atoms with Gasteiger partial charge in [-0.05, 0) is 23.8 Å². The Hall–Kier alpha value is -2.74. The van der Waals surface area contributed by atoms with Gasteiger partial charge in [-0.25, -0.2) is 0 Å². The fraction of sp³-hybridized carbons (Fsp3) is 0.174. The van der Waals surface area contributed by atoms with E-state index in [4.69, 9.17) is 12.2 Å². The summed E-state index contributed by atoms with van der Waals surface area (Å²) in [6, 6.07) is 19.0. The van der Waals surface area contributed by atoms with Gasteiger partial charge in [-0.15, -0.1) is 0 Å². The van der Waals surface area contributed by atoms with Gasteiger partial charge in [-0.2, -0.15) is 0 Å². The zero-order chi connectivity index (χ0) is 21.3. The third-order valence-corrected chi connectivity index (χ3v) is 5.85. The Morgan fingerprint density at radius 3 is 2.43 bits per heavy atom. The quantitative estimate of drug-likeness (QED) is 0.501. The zero-order valence-electron chi connectivity index (χ0n) is 16.3. The molecule has 154 valence electrons. The van der Waals surface area contributed by atoms with Gasteiger partial charge < -0.3 is 10.0 Å². The van der Waals surface area contributed by atoms with Crippen LogP contribution >= 0.6 is 24.0 Å². The summed E-state index contributed by atoms with van der Waals surface area (Å²) in [5, 5.41) is 9.31. The minimum atomic E-state index is -0.191. The van der Waals surface area contributed by atoms with Crippen molar-refractivity contribution in [3.63, 3.8) is 0 Å². The van der Waals surface area contributed by atoms with Crippen LogP contribution in [0, 0.1) is 0 Å². The predicted molar refractivity (Wildman–Crippen MR) is 126 cm³/mol. The molecule has 0 aromatic heterocycles. The van der Waals surface area contributed by atoms with Gasteiger partial charge >= 0.3 is 0 Å². The Bertz CT molecular complexity index is 959. The average Bonchev–Trinajstić information content (AvgIpc) is 3.04. The van der Waals surface area contributed by atoms with Crippen molar-refractivity contribution in [2.45, 2.75) is 6.42 Å². The summed E-state index contributed by atoms with van der Waals surface area (Å²) < 4.78 is 0.445. The molecular formula is C23H22N2O3S2. The third-order valence-electron chi connectivity index (χ3n) is 4.45. The van der Waals surface area contributed by atoms with Gasteiger partial charge in [0, 0.05) is 25.2 Å². The Labute approximate surface area is 185 Å². The van der Waals surface area contributed by atoms with Crippen LogP contribution in [0.5, 0.6) is 0 Å². The summed E-state index contributed by atoms with van der Waals surface area (Å²) in [6.45, 7) is 0.265. The number of carbonyl (C=O) groups excluding carboxylic acids is 2. The van der Waals surface area contributed by atoms with E-state index in [1.165, 1.54) is 21.6 Å².